The van der Waals surface area contributed by atoms with Crippen LogP contribution in [0.5, 0.6) is 0 Å². The van der Waals surface area contributed by atoms with Gasteiger partial charge in [-0.15, -0.1) is 0 Å². The molecule has 6 nitrogen and oxygen atoms in total. The van der Waals surface area contributed by atoms with Gasteiger partial charge in [0.1, 0.15) is 23.4 Å². The van der Waals surface area contributed by atoms with Gasteiger partial charge >= 0.3 is 5.97 Å². The van der Waals surface area contributed by atoms with Gasteiger partial charge in [-0.1, -0.05) is 11.8 Å². The summed E-state index contributed by atoms with van der Waals surface area (Å²) < 4.78 is 7.01. The van der Waals surface area contributed by atoms with Crippen LogP contribution in [0, 0.1) is 6.92 Å². The van der Waals surface area contributed by atoms with Gasteiger partial charge in [-0.05, 0) is 13.0 Å². The van der Waals surface area contributed by atoms with Crippen molar-refractivity contribution in [2.75, 3.05) is 0 Å². The summed E-state index contributed by atoms with van der Waals surface area (Å²) in [5.41, 5.74) is 0.207. The zero-order valence-corrected chi connectivity index (χ0v) is 10.2. The zero-order chi connectivity index (χ0) is 12.4. The second-order valence-electron chi connectivity index (χ2n) is 3.44. The molecule has 17 heavy (non-hydrogen) atoms. The summed E-state index contributed by atoms with van der Waals surface area (Å²) in [7, 11) is 1.80. The summed E-state index contributed by atoms with van der Waals surface area (Å²) in [6, 6.07) is 1.54. The Morgan fingerprint density at radius 1 is 1.65 bits per heavy atom. The highest BCUT2D eigenvalue weighted by molar-refractivity contribution is 7.98. The number of aromatic carboxylic acids is 1. The van der Waals surface area contributed by atoms with Crippen molar-refractivity contribution in [3.05, 3.63) is 29.5 Å². The van der Waals surface area contributed by atoms with Gasteiger partial charge in [0.05, 0.1) is 5.75 Å². The maximum Gasteiger partial charge on any atom is 0.339 e. The highest BCUT2D eigenvalue weighted by atomic mass is 32.2. The molecule has 1 N–H and O–H groups in total. The number of carboxylic acids is 1. The van der Waals surface area contributed by atoms with Crippen molar-refractivity contribution in [1.82, 2.24) is 14.8 Å². The molecule has 0 radical (unpaired) electrons. The monoisotopic (exact) mass is 253 g/mol. The van der Waals surface area contributed by atoms with Crippen molar-refractivity contribution in [3.63, 3.8) is 0 Å². The number of aromatic nitrogens is 3. The van der Waals surface area contributed by atoms with E-state index in [0.29, 0.717) is 17.3 Å². The molecular weight excluding hydrogens is 242 g/mol. The summed E-state index contributed by atoms with van der Waals surface area (Å²) in [6.07, 6.45) is 1.47. The molecule has 2 heterocycles. The van der Waals surface area contributed by atoms with Gasteiger partial charge < -0.3 is 9.52 Å². The van der Waals surface area contributed by atoms with Gasteiger partial charge in [0, 0.05) is 7.05 Å². The molecule has 0 atom stereocenters. The number of nitrogens with zero attached hydrogens (tertiary/aromatic N) is 3. The third-order valence-corrected chi connectivity index (χ3v) is 3.27. The van der Waals surface area contributed by atoms with E-state index >= 15 is 0 Å². The molecule has 0 fully saturated rings. The van der Waals surface area contributed by atoms with Crippen LogP contribution in [-0.4, -0.2) is 25.8 Å². The van der Waals surface area contributed by atoms with Crippen LogP contribution in [0.2, 0.25) is 0 Å². The van der Waals surface area contributed by atoms with E-state index in [-0.39, 0.29) is 5.56 Å². The first-order valence-electron chi connectivity index (χ1n) is 4.87. The molecule has 2 aromatic heterocycles. The van der Waals surface area contributed by atoms with Gasteiger partial charge in [-0.3, -0.25) is 0 Å². The van der Waals surface area contributed by atoms with Crippen molar-refractivity contribution in [1.29, 1.82) is 0 Å². The summed E-state index contributed by atoms with van der Waals surface area (Å²) in [5.74, 6) is 0.598. The number of rotatable bonds is 4. The molecule has 2 rings (SSSR count). The number of furan rings is 1. The average molecular weight is 253 g/mol. The minimum Gasteiger partial charge on any atom is -0.478 e. The molecule has 0 aliphatic heterocycles. The lowest BCUT2D eigenvalue weighted by Gasteiger charge is -1.97. The number of thioether (sulfide) groups is 1. The smallest absolute Gasteiger partial charge is 0.339 e. The third-order valence-electron chi connectivity index (χ3n) is 2.21. The Morgan fingerprint density at radius 3 is 2.94 bits per heavy atom. The van der Waals surface area contributed by atoms with Crippen molar-refractivity contribution >= 4 is 17.7 Å². The van der Waals surface area contributed by atoms with Crippen LogP contribution in [0.1, 0.15) is 21.9 Å². The van der Waals surface area contributed by atoms with Gasteiger partial charge in [0.2, 0.25) is 0 Å². The zero-order valence-electron chi connectivity index (χ0n) is 9.38. The quantitative estimate of drug-likeness (QED) is 0.835. The van der Waals surface area contributed by atoms with Crippen LogP contribution in [0.4, 0.5) is 0 Å². The highest BCUT2D eigenvalue weighted by Crippen LogP contribution is 2.23. The van der Waals surface area contributed by atoms with Crippen LogP contribution >= 0.6 is 11.8 Å². The Kier molecular flexibility index (Phi) is 3.19. The van der Waals surface area contributed by atoms with Crippen molar-refractivity contribution in [2.45, 2.75) is 17.8 Å². The van der Waals surface area contributed by atoms with Crippen LogP contribution < -0.4 is 0 Å². The average Bonchev–Trinajstić information content (AvgIpc) is 2.82. The van der Waals surface area contributed by atoms with Crippen molar-refractivity contribution in [2.24, 2.45) is 7.05 Å². The lowest BCUT2D eigenvalue weighted by Crippen LogP contribution is -1.95. The number of carboxylic acid groups (broad SMARTS) is 1. The Hall–Kier alpha value is -1.76. The van der Waals surface area contributed by atoms with Gasteiger partial charge in [0.25, 0.3) is 0 Å². The predicted molar refractivity (Wildman–Crippen MR) is 61.0 cm³/mol. The molecule has 0 saturated heterocycles. The highest BCUT2D eigenvalue weighted by Gasteiger charge is 2.14. The van der Waals surface area contributed by atoms with E-state index in [1.54, 1.807) is 24.7 Å². The van der Waals surface area contributed by atoms with Crippen LogP contribution in [-0.2, 0) is 12.8 Å². The Labute approximate surface area is 102 Å². The predicted octanol–water partition coefficient (Wildman–Crippen LogP) is 1.71. The number of hydrogen-bond acceptors (Lipinski definition) is 5. The van der Waals surface area contributed by atoms with Gasteiger partial charge in [0.15, 0.2) is 5.16 Å². The Morgan fingerprint density at radius 2 is 2.41 bits per heavy atom. The molecule has 0 unspecified atom stereocenters. The van der Waals surface area contributed by atoms with Crippen LogP contribution in [0.3, 0.4) is 0 Å². The molecule has 90 valence electrons. The number of carbonyl (C=O) groups is 1. The SMILES string of the molecule is Cc1oc(CSc2ncnn2C)cc1C(=O)O. The molecule has 0 bridgehead atoms. The topological polar surface area (TPSA) is 81.2 Å². The minimum atomic E-state index is -0.971. The molecule has 0 amide bonds. The Bertz CT molecular complexity index is 547. The maximum absolute atomic E-state index is 10.8. The first-order valence-corrected chi connectivity index (χ1v) is 5.86. The fourth-order valence-corrected chi connectivity index (χ4v) is 2.15. The third kappa shape index (κ3) is 2.50. The summed E-state index contributed by atoms with van der Waals surface area (Å²) >= 11 is 1.44. The fraction of sp³-hybridized carbons (Fsp3) is 0.300. The van der Waals surface area contributed by atoms with Gasteiger partial charge in [-0.2, -0.15) is 5.10 Å². The normalized spacial score (nSPS) is 10.7. The molecule has 0 aromatic carbocycles. The Balaban J connectivity index is 2.07. The molecular formula is C10H11N3O3S. The van der Waals surface area contributed by atoms with Crippen molar-refractivity contribution < 1.29 is 14.3 Å². The second-order valence-corrected chi connectivity index (χ2v) is 4.39. The summed E-state index contributed by atoms with van der Waals surface area (Å²) in [5, 5.41) is 13.6. The fourth-order valence-electron chi connectivity index (χ4n) is 1.38. The summed E-state index contributed by atoms with van der Waals surface area (Å²) in [6.45, 7) is 1.64. The molecule has 2 aromatic rings. The molecule has 7 heteroatoms. The molecule has 0 saturated carbocycles. The van der Waals surface area contributed by atoms with E-state index in [0.717, 1.165) is 5.16 Å². The molecule has 0 aliphatic rings. The second kappa shape index (κ2) is 4.62. The number of aryl methyl sites for hydroxylation is 2. The molecule has 0 aliphatic carbocycles. The largest absolute Gasteiger partial charge is 0.478 e. The molecule has 0 spiro atoms. The van der Waals surface area contributed by atoms with Crippen molar-refractivity contribution in [3.8, 4) is 0 Å². The van der Waals surface area contributed by atoms with Crippen LogP contribution in [0.25, 0.3) is 0 Å². The van der Waals surface area contributed by atoms with E-state index < -0.39 is 5.97 Å². The lowest BCUT2D eigenvalue weighted by molar-refractivity contribution is 0.0695. The van der Waals surface area contributed by atoms with E-state index in [1.807, 2.05) is 0 Å². The van der Waals surface area contributed by atoms with E-state index in [1.165, 1.54) is 18.1 Å². The van der Waals surface area contributed by atoms with E-state index in [2.05, 4.69) is 10.1 Å². The standard InChI is InChI=1S/C10H11N3O3S/c1-6-8(9(14)15)3-7(16-6)4-17-10-11-5-12-13(10)2/h3,5H,4H2,1-2H3,(H,14,15). The first-order chi connectivity index (χ1) is 8.08. The van der Waals surface area contributed by atoms with Gasteiger partial charge in [-0.25, -0.2) is 14.5 Å². The number of hydrogen-bond donors (Lipinski definition) is 1. The lowest BCUT2D eigenvalue weighted by atomic mass is 10.2. The maximum atomic E-state index is 10.8. The minimum absolute atomic E-state index is 0.207. The van der Waals surface area contributed by atoms with E-state index in [9.17, 15) is 4.79 Å². The van der Waals surface area contributed by atoms with E-state index in [4.69, 9.17) is 9.52 Å². The summed E-state index contributed by atoms with van der Waals surface area (Å²) in [4.78, 5) is 14.9. The first kappa shape index (κ1) is 11.7. The van der Waals surface area contributed by atoms with Crippen LogP contribution in [0.15, 0.2) is 22.0 Å².